The van der Waals surface area contributed by atoms with Crippen molar-refractivity contribution in [3.8, 4) is 0 Å². The molecule has 1 saturated carbocycles. The molecule has 3 aliphatic rings. The number of piperidine rings is 1. The Bertz CT molecular complexity index is 508. The van der Waals surface area contributed by atoms with Crippen molar-refractivity contribution in [1.82, 2.24) is 20.4 Å². The van der Waals surface area contributed by atoms with E-state index in [2.05, 4.69) is 10.6 Å². The summed E-state index contributed by atoms with van der Waals surface area (Å²) in [7, 11) is 1.91. The molecule has 1 aliphatic carbocycles. The van der Waals surface area contributed by atoms with Crippen LogP contribution >= 0.6 is 12.4 Å². The molecule has 0 radical (unpaired) electrons. The van der Waals surface area contributed by atoms with E-state index in [9.17, 15) is 14.4 Å². The van der Waals surface area contributed by atoms with Crippen LogP contribution in [0.5, 0.6) is 0 Å². The number of carbonyl (C=O) groups excluding carboxylic acids is 3. The van der Waals surface area contributed by atoms with Crippen molar-refractivity contribution in [3.63, 3.8) is 0 Å². The summed E-state index contributed by atoms with van der Waals surface area (Å²) in [5.74, 6) is -0.113. The Morgan fingerprint density at radius 3 is 2.67 bits per heavy atom. The lowest BCUT2D eigenvalue weighted by molar-refractivity contribution is -0.134. The molecule has 0 aromatic heterocycles. The molecule has 136 valence electrons. The Labute approximate surface area is 148 Å². The quantitative estimate of drug-likeness (QED) is 0.731. The number of nitrogens with zero attached hydrogens (tertiary/aromatic N) is 2. The van der Waals surface area contributed by atoms with Crippen molar-refractivity contribution in [2.24, 2.45) is 0 Å². The molecule has 2 heterocycles. The highest BCUT2D eigenvalue weighted by molar-refractivity contribution is 6.07. The number of carbonyl (C=O) groups is 3. The second-order valence-electron chi connectivity index (χ2n) is 6.89. The largest absolute Gasteiger partial charge is 0.341 e. The Hall–Kier alpha value is -1.34. The molecule has 2 saturated heterocycles. The zero-order chi connectivity index (χ0) is 16.4. The number of hydrogen-bond donors (Lipinski definition) is 2. The molecule has 3 fully saturated rings. The number of amides is 4. The third-order valence-corrected chi connectivity index (χ3v) is 5.43. The first-order valence-corrected chi connectivity index (χ1v) is 8.65. The Kier molecular flexibility index (Phi) is 6.09. The van der Waals surface area contributed by atoms with Crippen molar-refractivity contribution in [2.45, 2.75) is 56.5 Å². The number of hydrogen-bond acceptors (Lipinski definition) is 4. The second kappa shape index (κ2) is 7.70. The van der Waals surface area contributed by atoms with Gasteiger partial charge >= 0.3 is 6.03 Å². The fraction of sp³-hybridized carbons (Fsp3) is 0.812. The minimum absolute atomic E-state index is 0. The highest BCUT2D eigenvalue weighted by Crippen LogP contribution is 2.35. The standard InChI is InChI=1S/C16H26N4O3.ClH/c1-17-12-5-4-9-19(11-12)13(21)6-10-20-14(22)16(18-15(20)23)7-2-3-8-16;/h12,17H,2-11H2,1H3,(H,18,23);1H. The molecule has 1 unspecified atom stereocenters. The fourth-order valence-corrected chi connectivity index (χ4v) is 4.00. The van der Waals surface area contributed by atoms with Crippen LogP contribution in [-0.2, 0) is 9.59 Å². The lowest BCUT2D eigenvalue weighted by Crippen LogP contribution is -2.48. The van der Waals surface area contributed by atoms with E-state index in [1.54, 1.807) is 0 Å². The van der Waals surface area contributed by atoms with Gasteiger partial charge in [-0.15, -0.1) is 12.4 Å². The Morgan fingerprint density at radius 2 is 2.00 bits per heavy atom. The maximum absolute atomic E-state index is 12.5. The molecule has 0 aromatic carbocycles. The molecule has 24 heavy (non-hydrogen) atoms. The second-order valence-corrected chi connectivity index (χ2v) is 6.89. The number of urea groups is 1. The van der Waals surface area contributed by atoms with Crippen LogP contribution in [0.2, 0.25) is 0 Å². The van der Waals surface area contributed by atoms with Gasteiger partial charge in [-0.25, -0.2) is 4.79 Å². The van der Waals surface area contributed by atoms with Crippen LogP contribution in [0.1, 0.15) is 44.9 Å². The van der Waals surface area contributed by atoms with Crippen molar-refractivity contribution in [3.05, 3.63) is 0 Å². The monoisotopic (exact) mass is 358 g/mol. The highest BCUT2D eigenvalue weighted by Gasteiger charge is 2.52. The maximum atomic E-state index is 12.5. The van der Waals surface area contributed by atoms with Gasteiger partial charge < -0.3 is 15.5 Å². The highest BCUT2D eigenvalue weighted by atomic mass is 35.5. The third kappa shape index (κ3) is 3.52. The van der Waals surface area contributed by atoms with Crippen LogP contribution in [-0.4, -0.2) is 65.9 Å². The molecule has 4 amide bonds. The van der Waals surface area contributed by atoms with Gasteiger partial charge in [0, 0.05) is 32.1 Å². The van der Waals surface area contributed by atoms with E-state index < -0.39 is 5.54 Å². The minimum Gasteiger partial charge on any atom is -0.341 e. The summed E-state index contributed by atoms with van der Waals surface area (Å²) in [4.78, 5) is 40.1. The maximum Gasteiger partial charge on any atom is 0.325 e. The number of nitrogens with one attached hydrogen (secondary N) is 2. The fourth-order valence-electron chi connectivity index (χ4n) is 4.00. The summed E-state index contributed by atoms with van der Waals surface area (Å²) >= 11 is 0. The van der Waals surface area contributed by atoms with E-state index >= 15 is 0 Å². The number of halogens is 1. The molecule has 1 spiro atoms. The summed E-state index contributed by atoms with van der Waals surface area (Å²) in [5, 5.41) is 6.06. The lowest BCUT2D eigenvalue weighted by atomic mass is 9.98. The van der Waals surface area contributed by atoms with Gasteiger partial charge in [-0.3, -0.25) is 14.5 Å². The van der Waals surface area contributed by atoms with Crippen LogP contribution in [0.4, 0.5) is 4.79 Å². The van der Waals surface area contributed by atoms with Gasteiger partial charge in [-0.05, 0) is 32.7 Å². The summed E-state index contributed by atoms with van der Waals surface area (Å²) < 4.78 is 0. The van der Waals surface area contributed by atoms with Crippen molar-refractivity contribution >= 4 is 30.3 Å². The van der Waals surface area contributed by atoms with Crippen LogP contribution in [0, 0.1) is 0 Å². The zero-order valence-corrected chi connectivity index (χ0v) is 15.0. The molecular weight excluding hydrogens is 332 g/mol. The minimum atomic E-state index is -0.678. The van der Waals surface area contributed by atoms with Gasteiger partial charge in [-0.1, -0.05) is 12.8 Å². The first kappa shape index (κ1) is 19.0. The van der Waals surface area contributed by atoms with Crippen molar-refractivity contribution in [2.75, 3.05) is 26.7 Å². The predicted octanol–water partition coefficient (Wildman–Crippen LogP) is 0.873. The Balaban J connectivity index is 0.00000208. The summed E-state index contributed by atoms with van der Waals surface area (Å²) in [5.41, 5.74) is -0.678. The van der Waals surface area contributed by atoms with Gasteiger partial charge in [0.05, 0.1) is 0 Å². The molecule has 3 rings (SSSR count). The van der Waals surface area contributed by atoms with Crippen molar-refractivity contribution < 1.29 is 14.4 Å². The van der Waals surface area contributed by atoms with E-state index in [4.69, 9.17) is 0 Å². The molecule has 2 N–H and O–H groups in total. The van der Waals surface area contributed by atoms with Crippen molar-refractivity contribution in [1.29, 1.82) is 0 Å². The first-order chi connectivity index (χ1) is 11.1. The first-order valence-electron chi connectivity index (χ1n) is 8.65. The number of likely N-dealkylation sites (tertiary alicyclic amines) is 1. The average molecular weight is 359 g/mol. The van der Waals surface area contributed by atoms with E-state index in [0.717, 1.165) is 45.1 Å². The van der Waals surface area contributed by atoms with E-state index in [0.29, 0.717) is 12.6 Å². The lowest BCUT2D eigenvalue weighted by Gasteiger charge is -2.33. The van der Waals surface area contributed by atoms with E-state index in [1.165, 1.54) is 4.90 Å². The number of likely N-dealkylation sites (N-methyl/N-ethyl adjacent to an activating group) is 1. The van der Waals surface area contributed by atoms with Gasteiger partial charge in [-0.2, -0.15) is 0 Å². The van der Waals surface area contributed by atoms with E-state index in [1.807, 2.05) is 11.9 Å². The SMILES string of the molecule is CNC1CCCN(C(=O)CCN2C(=O)NC3(CCCC3)C2=O)C1.Cl. The van der Waals surface area contributed by atoms with Crippen LogP contribution in [0.3, 0.4) is 0 Å². The van der Waals surface area contributed by atoms with Crippen LogP contribution in [0.25, 0.3) is 0 Å². The molecular formula is C16H27ClN4O3. The predicted molar refractivity (Wildman–Crippen MR) is 92.0 cm³/mol. The molecule has 7 nitrogen and oxygen atoms in total. The van der Waals surface area contributed by atoms with Gasteiger partial charge in [0.25, 0.3) is 5.91 Å². The number of rotatable bonds is 4. The molecule has 0 aromatic rings. The van der Waals surface area contributed by atoms with E-state index in [-0.39, 0.29) is 43.2 Å². The summed E-state index contributed by atoms with van der Waals surface area (Å²) in [6, 6.07) is 0.00243. The molecule has 1 atom stereocenters. The molecule has 0 bridgehead atoms. The molecule has 2 aliphatic heterocycles. The summed E-state index contributed by atoms with van der Waals surface area (Å²) in [6.45, 7) is 1.66. The smallest absolute Gasteiger partial charge is 0.325 e. The normalized spacial score (nSPS) is 25.8. The number of imide groups is 1. The van der Waals surface area contributed by atoms with Gasteiger partial charge in [0.1, 0.15) is 5.54 Å². The van der Waals surface area contributed by atoms with Crippen LogP contribution < -0.4 is 10.6 Å². The van der Waals surface area contributed by atoms with Gasteiger partial charge in [0.2, 0.25) is 5.91 Å². The Morgan fingerprint density at radius 1 is 1.29 bits per heavy atom. The molecule has 8 heteroatoms. The third-order valence-electron chi connectivity index (χ3n) is 5.43. The zero-order valence-electron chi connectivity index (χ0n) is 14.2. The van der Waals surface area contributed by atoms with Gasteiger partial charge in [0.15, 0.2) is 0 Å². The summed E-state index contributed by atoms with van der Waals surface area (Å²) in [6.07, 6.45) is 5.66. The van der Waals surface area contributed by atoms with Crippen LogP contribution in [0.15, 0.2) is 0 Å². The average Bonchev–Trinajstić information content (AvgIpc) is 3.12. The topological polar surface area (TPSA) is 81.8 Å².